The lowest BCUT2D eigenvalue weighted by atomic mass is 10.1. The Labute approximate surface area is 210 Å². The summed E-state index contributed by atoms with van der Waals surface area (Å²) in [7, 11) is -3.51. The first-order valence-electron chi connectivity index (χ1n) is 12.2. The van der Waals surface area contributed by atoms with Crippen molar-refractivity contribution in [3.63, 3.8) is 0 Å². The van der Waals surface area contributed by atoms with Crippen LogP contribution in [0.3, 0.4) is 0 Å². The molecule has 0 aromatic heterocycles. The van der Waals surface area contributed by atoms with Crippen molar-refractivity contribution in [2.75, 3.05) is 23.7 Å². The Balaban J connectivity index is 2.20. The number of aryl methyl sites for hydroxylation is 2. The van der Waals surface area contributed by atoms with Gasteiger partial charge in [0.25, 0.3) is 0 Å². The lowest BCUT2D eigenvalue weighted by molar-refractivity contribution is -0.141. The van der Waals surface area contributed by atoms with Crippen molar-refractivity contribution in [2.45, 2.75) is 66.0 Å². The topological polar surface area (TPSA) is 86.8 Å². The molecule has 0 saturated heterocycles. The van der Waals surface area contributed by atoms with Crippen molar-refractivity contribution >= 4 is 27.5 Å². The third-order valence-electron chi connectivity index (χ3n) is 5.81. The summed E-state index contributed by atoms with van der Waals surface area (Å²) in [5.41, 5.74) is 3.58. The zero-order chi connectivity index (χ0) is 26.0. The van der Waals surface area contributed by atoms with Gasteiger partial charge in [-0.25, -0.2) is 8.42 Å². The Kier molecular flexibility index (Phi) is 10.8. The van der Waals surface area contributed by atoms with Gasteiger partial charge in [0.15, 0.2) is 0 Å². The SMILES string of the molecule is CCCNC(=O)C(CC)N(Cc1cccc(C)c1)C(=O)CCCN(c1cccc(C)c1)S(C)(=O)=O. The number of sulfonamides is 1. The largest absolute Gasteiger partial charge is 0.354 e. The molecule has 1 unspecified atom stereocenters. The molecule has 0 fully saturated rings. The third kappa shape index (κ3) is 8.69. The van der Waals surface area contributed by atoms with Gasteiger partial charge < -0.3 is 10.2 Å². The standard InChI is InChI=1S/C27H39N3O4S/c1-6-16-28-27(32)25(7-2)29(20-23-13-8-11-21(3)18-23)26(31)15-10-17-30(35(5,33)34)24-14-9-12-22(4)19-24/h8-9,11-14,18-19,25H,6-7,10,15-17,20H2,1-5H3,(H,28,32). The van der Waals surface area contributed by atoms with Crippen molar-refractivity contribution in [1.82, 2.24) is 10.2 Å². The number of hydrogen-bond acceptors (Lipinski definition) is 4. The van der Waals surface area contributed by atoms with Crippen molar-refractivity contribution in [1.29, 1.82) is 0 Å². The van der Waals surface area contributed by atoms with Gasteiger partial charge in [0.1, 0.15) is 6.04 Å². The number of anilines is 1. The molecule has 192 valence electrons. The number of benzene rings is 2. The van der Waals surface area contributed by atoms with Crippen LogP contribution in [-0.4, -0.2) is 50.5 Å². The van der Waals surface area contributed by atoms with Crippen molar-refractivity contribution in [3.8, 4) is 0 Å². The minimum absolute atomic E-state index is 0.140. The van der Waals surface area contributed by atoms with Crippen LogP contribution in [-0.2, 0) is 26.2 Å². The molecule has 2 aromatic carbocycles. The molecular weight excluding hydrogens is 462 g/mol. The van der Waals surface area contributed by atoms with Crippen LogP contribution >= 0.6 is 0 Å². The van der Waals surface area contributed by atoms with Gasteiger partial charge in [-0.3, -0.25) is 13.9 Å². The van der Waals surface area contributed by atoms with E-state index in [1.54, 1.807) is 11.0 Å². The average Bonchev–Trinajstić information content (AvgIpc) is 2.79. The number of rotatable bonds is 13. The van der Waals surface area contributed by atoms with Crippen LogP contribution in [0.4, 0.5) is 5.69 Å². The summed E-state index contributed by atoms with van der Waals surface area (Å²) in [6.45, 7) is 8.85. The van der Waals surface area contributed by atoms with E-state index in [4.69, 9.17) is 0 Å². The van der Waals surface area contributed by atoms with Gasteiger partial charge in [0.2, 0.25) is 21.8 Å². The first kappa shape index (κ1) is 28.4. The fourth-order valence-electron chi connectivity index (χ4n) is 4.08. The summed E-state index contributed by atoms with van der Waals surface area (Å²) in [4.78, 5) is 27.9. The van der Waals surface area contributed by atoms with Gasteiger partial charge in [-0.2, -0.15) is 0 Å². The second-order valence-corrected chi connectivity index (χ2v) is 10.9. The van der Waals surface area contributed by atoms with Gasteiger partial charge in [-0.05, 0) is 56.4 Å². The van der Waals surface area contributed by atoms with Crippen LogP contribution < -0.4 is 9.62 Å². The normalized spacial score (nSPS) is 12.1. The van der Waals surface area contributed by atoms with Crippen molar-refractivity contribution < 1.29 is 18.0 Å². The molecule has 0 aliphatic carbocycles. The van der Waals surface area contributed by atoms with Crippen LogP contribution in [0.2, 0.25) is 0 Å². The number of nitrogens with zero attached hydrogens (tertiary/aromatic N) is 2. The van der Waals surface area contributed by atoms with Crippen LogP contribution in [0.5, 0.6) is 0 Å². The molecule has 0 aliphatic rings. The Hall–Kier alpha value is -2.87. The van der Waals surface area contributed by atoms with E-state index in [0.717, 1.165) is 23.1 Å². The summed E-state index contributed by atoms with van der Waals surface area (Å²) in [6, 6.07) is 14.6. The summed E-state index contributed by atoms with van der Waals surface area (Å²) < 4.78 is 26.2. The number of carbonyl (C=O) groups is 2. The Morgan fingerprint density at radius 2 is 1.66 bits per heavy atom. The van der Waals surface area contributed by atoms with Gasteiger partial charge in [-0.1, -0.05) is 55.8 Å². The second-order valence-electron chi connectivity index (χ2n) is 9.00. The van der Waals surface area contributed by atoms with E-state index < -0.39 is 16.1 Å². The van der Waals surface area contributed by atoms with Crippen molar-refractivity contribution in [3.05, 3.63) is 65.2 Å². The number of amides is 2. The van der Waals surface area contributed by atoms with E-state index in [2.05, 4.69) is 5.32 Å². The monoisotopic (exact) mass is 501 g/mol. The molecule has 1 atom stereocenters. The maximum absolute atomic E-state index is 13.4. The lowest BCUT2D eigenvalue weighted by Crippen LogP contribution is -2.49. The molecule has 2 aromatic rings. The highest BCUT2D eigenvalue weighted by atomic mass is 32.2. The zero-order valence-electron chi connectivity index (χ0n) is 21.6. The van der Waals surface area contributed by atoms with Crippen LogP contribution in [0.1, 0.15) is 56.2 Å². The zero-order valence-corrected chi connectivity index (χ0v) is 22.4. The number of nitrogens with one attached hydrogen (secondary N) is 1. The molecule has 1 N–H and O–H groups in total. The predicted octanol–water partition coefficient (Wildman–Crippen LogP) is 4.18. The van der Waals surface area contributed by atoms with Gasteiger partial charge in [-0.15, -0.1) is 0 Å². The number of hydrogen-bond donors (Lipinski definition) is 1. The van der Waals surface area contributed by atoms with Gasteiger partial charge in [0.05, 0.1) is 11.9 Å². The second kappa shape index (κ2) is 13.3. The molecule has 2 rings (SSSR count). The smallest absolute Gasteiger partial charge is 0.242 e. The molecule has 0 spiro atoms. The molecule has 35 heavy (non-hydrogen) atoms. The van der Waals surface area contributed by atoms with Crippen LogP contribution in [0, 0.1) is 13.8 Å². The van der Waals surface area contributed by atoms with E-state index in [1.165, 1.54) is 10.6 Å². The molecular formula is C27H39N3O4S. The minimum atomic E-state index is -3.51. The average molecular weight is 502 g/mol. The first-order valence-corrected chi connectivity index (χ1v) is 14.1. The number of carbonyl (C=O) groups excluding carboxylic acids is 2. The van der Waals surface area contributed by atoms with Gasteiger partial charge >= 0.3 is 0 Å². The Morgan fingerprint density at radius 1 is 1.00 bits per heavy atom. The van der Waals surface area contributed by atoms with E-state index in [-0.39, 0.29) is 24.8 Å². The summed E-state index contributed by atoms with van der Waals surface area (Å²) in [5, 5.41) is 2.92. The first-order chi connectivity index (χ1) is 16.6. The fraction of sp³-hybridized carbons (Fsp3) is 0.481. The highest BCUT2D eigenvalue weighted by Gasteiger charge is 2.28. The van der Waals surface area contributed by atoms with E-state index >= 15 is 0 Å². The Morgan fingerprint density at radius 3 is 2.23 bits per heavy atom. The highest BCUT2D eigenvalue weighted by Crippen LogP contribution is 2.21. The quantitative estimate of drug-likeness (QED) is 0.446. The summed E-state index contributed by atoms with van der Waals surface area (Å²) >= 11 is 0. The fourth-order valence-corrected chi connectivity index (χ4v) is 5.04. The molecule has 2 amide bonds. The van der Waals surface area contributed by atoms with Gasteiger partial charge in [0, 0.05) is 26.1 Å². The third-order valence-corrected chi connectivity index (χ3v) is 7.01. The van der Waals surface area contributed by atoms with E-state index in [1.807, 2.05) is 70.2 Å². The van der Waals surface area contributed by atoms with Crippen LogP contribution in [0.25, 0.3) is 0 Å². The molecule has 0 aliphatic heterocycles. The molecule has 0 heterocycles. The molecule has 8 heteroatoms. The van der Waals surface area contributed by atoms with Crippen LogP contribution in [0.15, 0.2) is 48.5 Å². The molecule has 0 radical (unpaired) electrons. The summed E-state index contributed by atoms with van der Waals surface area (Å²) in [5.74, 6) is -0.324. The maximum atomic E-state index is 13.4. The Bertz CT molecular complexity index is 1100. The highest BCUT2D eigenvalue weighted by molar-refractivity contribution is 7.92. The molecule has 0 saturated carbocycles. The maximum Gasteiger partial charge on any atom is 0.242 e. The molecule has 0 bridgehead atoms. The lowest BCUT2D eigenvalue weighted by Gasteiger charge is -2.31. The molecule has 7 nitrogen and oxygen atoms in total. The predicted molar refractivity (Wildman–Crippen MR) is 142 cm³/mol. The van der Waals surface area contributed by atoms with E-state index in [0.29, 0.717) is 31.6 Å². The van der Waals surface area contributed by atoms with Crippen molar-refractivity contribution in [2.24, 2.45) is 0 Å². The van der Waals surface area contributed by atoms with E-state index in [9.17, 15) is 18.0 Å². The summed E-state index contributed by atoms with van der Waals surface area (Å²) in [6.07, 6.45) is 2.96. The minimum Gasteiger partial charge on any atom is -0.354 e.